The number of carbonyl (C=O) groups excluding carboxylic acids is 6. The van der Waals surface area contributed by atoms with Gasteiger partial charge in [0.25, 0.3) is 5.91 Å². The molecule has 6 amide bonds. The third kappa shape index (κ3) is 16.1. The molecule has 0 bridgehead atoms. The molecule has 0 saturated carbocycles. The summed E-state index contributed by atoms with van der Waals surface area (Å²) in [6.45, 7) is 3.27. The minimum absolute atomic E-state index is 0.00620. The third-order valence-corrected chi connectivity index (χ3v) is 11.6. The van der Waals surface area contributed by atoms with Crippen molar-refractivity contribution >= 4 is 74.4 Å². The fourth-order valence-corrected chi connectivity index (χ4v) is 7.63. The van der Waals surface area contributed by atoms with Crippen LogP contribution in [0.1, 0.15) is 40.5 Å². The Hall–Kier alpha value is -6.69. The quantitative estimate of drug-likeness (QED) is 0.0500. The lowest BCUT2D eigenvalue weighted by Crippen LogP contribution is -2.59. The Morgan fingerprint density at radius 1 is 0.554 bits per heavy atom. The van der Waals surface area contributed by atoms with Crippen molar-refractivity contribution in [3.05, 3.63) is 158 Å². The molecular formula is C48H51BrN6O9S. The predicted octanol–water partition coefficient (Wildman–Crippen LogP) is 4.01. The highest BCUT2D eigenvalue weighted by Crippen LogP contribution is 2.16. The van der Waals surface area contributed by atoms with Gasteiger partial charge in [0.15, 0.2) is 0 Å². The molecule has 340 valence electrons. The zero-order chi connectivity index (χ0) is 46.9. The number of hydrogen-bond donors (Lipinski definition) is 8. The average molecular weight is 968 g/mol. The van der Waals surface area contributed by atoms with Crippen molar-refractivity contribution in [1.82, 2.24) is 26.6 Å². The van der Waals surface area contributed by atoms with E-state index >= 15 is 0 Å². The number of hydrogen-bond acceptors (Lipinski definition) is 9. The van der Waals surface area contributed by atoms with E-state index in [4.69, 9.17) is 0 Å². The summed E-state index contributed by atoms with van der Waals surface area (Å²) >= 11 is 4.75. The number of carboxylic acid groups (broad SMARTS) is 1. The number of aliphatic hydroxyl groups is 1. The van der Waals surface area contributed by atoms with Gasteiger partial charge in [0.05, 0.1) is 6.42 Å². The van der Waals surface area contributed by atoms with Crippen molar-refractivity contribution in [3.63, 3.8) is 0 Å². The maximum absolute atomic E-state index is 14.4. The molecule has 0 spiro atoms. The van der Waals surface area contributed by atoms with Crippen LogP contribution in [0, 0.1) is 6.92 Å². The fraction of sp³-hybridized carbons (Fsp3) is 0.271. The highest BCUT2D eigenvalue weighted by atomic mass is 79.9. The highest BCUT2D eigenvalue weighted by molar-refractivity contribution is 9.10. The van der Waals surface area contributed by atoms with Gasteiger partial charge in [0.2, 0.25) is 29.5 Å². The number of aryl methyl sites for hydroxylation is 1. The Kier molecular flexibility index (Phi) is 18.5. The van der Waals surface area contributed by atoms with E-state index in [-0.39, 0.29) is 25.7 Å². The molecule has 6 atom stereocenters. The second-order valence-corrected chi connectivity index (χ2v) is 17.4. The Labute approximate surface area is 388 Å². The lowest BCUT2D eigenvalue weighted by molar-refractivity contribution is -0.142. The number of aliphatic carboxylic acids is 1. The van der Waals surface area contributed by atoms with E-state index in [1.54, 1.807) is 127 Å². The molecule has 15 nitrogen and oxygen atoms in total. The lowest BCUT2D eigenvalue weighted by Gasteiger charge is -2.26. The molecule has 0 fully saturated rings. The van der Waals surface area contributed by atoms with E-state index in [0.717, 1.165) is 14.9 Å². The molecule has 1 heterocycles. The van der Waals surface area contributed by atoms with Crippen LogP contribution in [-0.2, 0) is 59.2 Å². The SMILES string of the molecule is Cc1ccc(NC(=O)C(O)CC(=O)NC(Cc2cccs2)C(=O)NC(Cc2ccc(Br)cc2)C(=O)NC(Cc2ccccc2)C(=O)NC(C)C(=O)NC(Cc2ccccc2)C(=O)O)cc1. The molecule has 65 heavy (non-hydrogen) atoms. The Balaban J connectivity index is 1.33. The number of amides is 6. The molecular weight excluding hydrogens is 917 g/mol. The van der Waals surface area contributed by atoms with E-state index in [0.29, 0.717) is 22.4 Å². The number of aliphatic hydroxyl groups excluding tert-OH is 1. The number of carboxylic acids is 1. The summed E-state index contributed by atoms with van der Waals surface area (Å²) in [5, 5.41) is 38.1. The largest absolute Gasteiger partial charge is 0.480 e. The Bertz CT molecular complexity index is 2390. The van der Waals surface area contributed by atoms with Gasteiger partial charge < -0.3 is 42.1 Å². The predicted molar refractivity (Wildman–Crippen MR) is 250 cm³/mol. The zero-order valence-corrected chi connectivity index (χ0v) is 38.1. The zero-order valence-electron chi connectivity index (χ0n) is 35.7. The molecule has 0 aliphatic rings. The van der Waals surface area contributed by atoms with Crippen LogP contribution >= 0.6 is 27.3 Å². The molecule has 1 aromatic heterocycles. The molecule has 4 aromatic carbocycles. The summed E-state index contributed by atoms with van der Waals surface area (Å²) in [6, 6.07) is 28.7. The molecule has 0 aliphatic heterocycles. The summed E-state index contributed by atoms with van der Waals surface area (Å²) in [4.78, 5) is 94.8. The highest BCUT2D eigenvalue weighted by Gasteiger charge is 2.33. The topological polar surface area (TPSA) is 232 Å². The normalized spacial score (nSPS) is 13.7. The Morgan fingerprint density at radius 2 is 1.05 bits per heavy atom. The van der Waals surface area contributed by atoms with Gasteiger partial charge in [-0.05, 0) is 66.2 Å². The van der Waals surface area contributed by atoms with E-state index in [1.807, 2.05) is 6.92 Å². The fourth-order valence-electron chi connectivity index (χ4n) is 6.62. The second-order valence-electron chi connectivity index (χ2n) is 15.4. The number of benzene rings is 4. The third-order valence-electron chi connectivity index (χ3n) is 10.2. The minimum Gasteiger partial charge on any atom is -0.480 e. The standard InChI is InChI=1S/C48H51BrN6O9S/c1-29-15-21-35(22-16-29)51-47(62)41(56)28-42(57)52-39(27-36-14-9-23-65-36)46(61)54-38(25-33-17-19-34(49)20-18-33)45(60)53-37(24-31-10-5-3-6-11-31)44(59)50-30(2)43(58)55-40(48(63)64)26-32-12-7-4-8-13-32/h3-23,30,37-41,56H,24-28H2,1-2H3,(H,50,59)(H,51,62)(H,52,57)(H,53,60)(H,54,61)(H,55,58)(H,63,64). The van der Waals surface area contributed by atoms with Gasteiger partial charge in [-0.1, -0.05) is 112 Å². The monoisotopic (exact) mass is 966 g/mol. The summed E-state index contributed by atoms with van der Waals surface area (Å²) in [5.41, 5.74) is 3.39. The maximum Gasteiger partial charge on any atom is 0.326 e. The summed E-state index contributed by atoms with van der Waals surface area (Å²) in [7, 11) is 0. The number of rotatable bonds is 22. The first-order valence-electron chi connectivity index (χ1n) is 20.8. The van der Waals surface area contributed by atoms with Gasteiger partial charge in [-0.3, -0.25) is 28.8 Å². The van der Waals surface area contributed by atoms with E-state index in [1.165, 1.54) is 18.3 Å². The van der Waals surface area contributed by atoms with Gasteiger partial charge in [-0.15, -0.1) is 11.3 Å². The van der Waals surface area contributed by atoms with Crippen molar-refractivity contribution in [2.45, 2.75) is 82.3 Å². The molecule has 5 rings (SSSR count). The molecule has 17 heteroatoms. The average Bonchev–Trinajstić information content (AvgIpc) is 3.80. The van der Waals surface area contributed by atoms with Crippen LogP contribution in [0.2, 0.25) is 0 Å². The van der Waals surface area contributed by atoms with Crippen molar-refractivity contribution < 1.29 is 43.8 Å². The van der Waals surface area contributed by atoms with E-state index in [9.17, 15) is 43.8 Å². The first kappa shape index (κ1) is 49.3. The summed E-state index contributed by atoms with van der Waals surface area (Å²) < 4.78 is 0.771. The second kappa shape index (κ2) is 24.4. The van der Waals surface area contributed by atoms with Crippen LogP contribution in [0.15, 0.2) is 131 Å². The molecule has 6 unspecified atom stereocenters. The summed E-state index contributed by atoms with van der Waals surface area (Å²) in [5.74, 6) is -5.88. The van der Waals surface area contributed by atoms with Crippen LogP contribution < -0.4 is 31.9 Å². The van der Waals surface area contributed by atoms with Gasteiger partial charge in [0.1, 0.15) is 36.3 Å². The number of halogens is 1. The number of nitrogens with one attached hydrogen (secondary N) is 6. The van der Waals surface area contributed by atoms with Gasteiger partial charge in [-0.25, -0.2) is 4.79 Å². The van der Waals surface area contributed by atoms with Crippen molar-refractivity contribution in [3.8, 4) is 0 Å². The lowest BCUT2D eigenvalue weighted by atomic mass is 10.0. The molecule has 8 N–H and O–H groups in total. The number of thiophene rings is 1. The molecule has 0 radical (unpaired) electrons. The van der Waals surface area contributed by atoms with Crippen LogP contribution in [-0.4, -0.2) is 87.9 Å². The van der Waals surface area contributed by atoms with Gasteiger partial charge in [0, 0.05) is 40.7 Å². The number of anilines is 1. The first-order valence-corrected chi connectivity index (χ1v) is 22.4. The number of carbonyl (C=O) groups is 7. The first-order chi connectivity index (χ1) is 31.1. The van der Waals surface area contributed by atoms with Crippen LogP contribution in [0.4, 0.5) is 5.69 Å². The van der Waals surface area contributed by atoms with Crippen molar-refractivity contribution in [2.24, 2.45) is 0 Å². The molecule has 0 aliphatic carbocycles. The maximum atomic E-state index is 14.4. The van der Waals surface area contributed by atoms with Gasteiger partial charge >= 0.3 is 5.97 Å². The Morgan fingerprint density at radius 3 is 1.57 bits per heavy atom. The van der Waals surface area contributed by atoms with E-state index < -0.39 is 84.1 Å². The van der Waals surface area contributed by atoms with Crippen molar-refractivity contribution in [2.75, 3.05) is 5.32 Å². The molecule has 0 saturated heterocycles. The van der Waals surface area contributed by atoms with Crippen LogP contribution in [0.5, 0.6) is 0 Å². The summed E-state index contributed by atoms with van der Waals surface area (Å²) in [6.07, 6.45) is -2.45. The molecule has 5 aromatic rings. The van der Waals surface area contributed by atoms with Crippen molar-refractivity contribution in [1.29, 1.82) is 0 Å². The smallest absolute Gasteiger partial charge is 0.326 e. The van der Waals surface area contributed by atoms with Crippen LogP contribution in [0.25, 0.3) is 0 Å². The van der Waals surface area contributed by atoms with E-state index in [2.05, 4.69) is 47.8 Å². The minimum atomic E-state index is -1.74. The van der Waals surface area contributed by atoms with Crippen LogP contribution in [0.3, 0.4) is 0 Å². The van der Waals surface area contributed by atoms with Gasteiger partial charge in [-0.2, -0.15) is 0 Å².